The number of nitrogens with two attached hydrogens (primary N) is 1. The summed E-state index contributed by atoms with van der Waals surface area (Å²) in [5.74, 6) is 0. The van der Waals surface area contributed by atoms with Gasteiger partial charge in [-0.1, -0.05) is 13.8 Å². The normalized spacial score (nSPS) is 21.1. The van der Waals surface area contributed by atoms with Crippen molar-refractivity contribution >= 4 is 0 Å². The van der Waals surface area contributed by atoms with E-state index >= 15 is 0 Å². The maximum atomic E-state index is 6.40. The number of aryl methyl sites for hydroxylation is 1. The molecule has 2 rings (SSSR count). The molecular formula is C18H33N3. The minimum Gasteiger partial charge on any atom is -0.348 e. The largest absolute Gasteiger partial charge is 0.348 e. The second-order valence-corrected chi connectivity index (χ2v) is 7.92. The summed E-state index contributed by atoms with van der Waals surface area (Å²) in [6.07, 6.45) is 3.45. The zero-order valence-corrected chi connectivity index (χ0v) is 14.7. The van der Waals surface area contributed by atoms with Crippen LogP contribution in [0.2, 0.25) is 0 Å². The molecule has 1 aromatic heterocycles. The molecule has 3 heteroatoms. The monoisotopic (exact) mass is 291 g/mol. The van der Waals surface area contributed by atoms with Gasteiger partial charge < -0.3 is 15.2 Å². The van der Waals surface area contributed by atoms with Gasteiger partial charge in [-0.3, -0.25) is 0 Å². The molecule has 0 saturated heterocycles. The summed E-state index contributed by atoms with van der Waals surface area (Å²) in [5.41, 5.74) is 11.0. The van der Waals surface area contributed by atoms with Gasteiger partial charge in [0, 0.05) is 30.0 Å². The van der Waals surface area contributed by atoms with Crippen molar-refractivity contribution in [2.24, 2.45) is 11.1 Å². The minimum absolute atomic E-state index is 0.210. The SMILES string of the molecule is Cc1cc2c(n1CCCN(C)C(C)C)CC(C)(C)CC2N. The van der Waals surface area contributed by atoms with Gasteiger partial charge in [0.25, 0.3) is 0 Å². The summed E-state index contributed by atoms with van der Waals surface area (Å²) in [4.78, 5) is 2.42. The van der Waals surface area contributed by atoms with E-state index in [-0.39, 0.29) is 6.04 Å². The molecule has 1 aromatic rings. The van der Waals surface area contributed by atoms with Crippen LogP contribution in [0.5, 0.6) is 0 Å². The number of aromatic nitrogens is 1. The van der Waals surface area contributed by atoms with Gasteiger partial charge in [0.1, 0.15) is 0 Å². The van der Waals surface area contributed by atoms with Crippen LogP contribution in [0.3, 0.4) is 0 Å². The lowest BCUT2D eigenvalue weighted by molar-refractivity contribution is 0.258. The minimum atomic E-state index is 0.210. The predicted molar refractivity (Wildman–Crippen MR) is 90.6 cm³/mol. The van der Waals surface area contributed by atoms with Gasteiger partial charge in [-0.05, 0) is 70.7 Å². The second-order valence-electron chi connectivity index (χ2n) is 7.92. The third kappa shape index (κ3) is 3.70. The lowest BCUT2D eigenvalue weighted by atomic mass is 9.74. The summed E-state index contributed by atoms with van der Waals surface area (Å²) >= 11 is 0. The Labute approximate surface area is 130 Å². The first kappa shape index (κ1) is 16.6. The summed E-state index contributed by atoms with van der Waals surface area (Å²) in [7, 11) is 2.21. The number of nitrogens with zero attached hydrogens (tertiary/aromatic N) is 2. The van der Waals surface area contributed by atoms with Crippen LogP contribution in [-0.4, -0.2) is 29.1 Å². The third-order valence-corrected chi connectivity index (χ3v) is 5.04. The summed E-state index contributed by atoms with van der Waals surface area (Å²) in [5, 5.41) is 0. The van der Waals surface area contributed by atoms with Crippen molar-refractivity contribution in [2.45, 2.75) is 72.5 Å². The predicted octanol–water partition coefficient (Wildman–Crippen LogP) is 3.50. The van der Waals surface area contributed by atoms with Gasteiger partial charge in [-0.2, -0.15) is 0 Å². The Kier molecular flexibility index (Phi) is 4.84. The first-order chi connectivity index (χ1) is 9.71. The molecule has 0 amide bonds. The molecular weight excluding hydrogens is 258 g/mol. The maximum Gasteiger partial charge on any atom is 0.0318 e. The molecule has 0 radical (unpaired) electrons. The molecule has 2 N–H and O–H groups in total. The van der Waals surface area contributed by atoms with Crippen LogP contribution in [0.15, 0.2) is 6.07 Å². The van der Waals surface area contributed by atoms with Gasteiger partial charge >= 0.3 is 0 Å². The Morgan fingerprint density at radius 1 is 1.43 bits per heavy atom. The molecule has 1 heterocycles. The summed E-state index contributed by atoms with van der Waals surface area (Å²) in [6.45, 7) is 13.7. The van der Waals surface area contributed by atoms with E-state index in [0.29, 0.717) is 11.5 Å². The smallest absolute Gasteiger partial charge is 0.0318 e. The zero-order valence-electron chi connectivity index (χ0n) is 14.7. The quantitative estimate of drug-likeness (QED) is 0.901. The second kappa shape index (κ2) is 6.13. The molecule has 1 aliphatic rings. The highest BCUT2D eigenvalue weighted by Crippen LogP contribution is 2.40. The highest BCUT2D eigenvalue weighted by molar-refractivity contribution is 5.34. The molecule has 0 saturated carbocycles. The number of hydrogen-bond acceptors (Lipinski definition) is 2. The fraction of sp³-hybridized carbons (Fsp3) is 0.778. The standard InChI is InChI=1S/C18H33N3/c1-13(2)20(6)8-7-9-21-14(3)10-15-16(19)11-18(4,5)12-17(15)21/h10,13,16H,7-9,11-12,19H2,1-6H3. The van der Waals surface area contributed by atoms with Crippen molar-refractivity contribution in [1.82, 2.24) is 9.47 Å². The fourth-order valence-corrected chi connectivity index (χ4v) is 3.55. The van der Waals surface area contributed by atoms with Crippen LogP contribution < -0.4 is 5.73 Å². The van der Waals surface area contributed by atoms with Crippen molar-refractivity contribution in [3.63, 3.8) is 0 Å². The molecule has 1 atom stereocenters. The van der Waals surface area contributed by atoms with Gasteiger partial charge in [-0.25, -0.2) is 0 Å². The molecule has 21 heavy (non-hydrogen) atoms. The van der Waals surface area contributed by atoms with Gasteiger partial charge in [-0.15, -0.1) is 0 Å². The molecule has 1 aliphatic carbocycles. The van der Waals surface area contributed by atoms with Crippen molar-refractivity contribution in [2.75, 3.05) is 13.6 Å². The molecule has 0 bridgehead atoms. The Morgan fingerprint density at radius 2 is 2.10 bits per heavy atom. The highest BCUT2D eigenvalue weighted by atomic mass is 15.1. The van der Waals surface area contributed by atoms with Crippen molar-refractivity contribution < 1.29 is 0 Å². The van der Waals surface area contributed by atoms with E-state index in [9.17, 15) is 0 Å². The van der Waals surface area contributed by atoms with Gasteiger partial charge in [0.05, 0.1) is 0 Å². The lowest BCUT2D eigenvalue weighted by Gasteiger charge is -2.34. The van der Waals surface area contributed by atoms with Crippen molar-refractivity contribution in [3.05, 3.63) is 23.0 Å². The van der Waals surface area contributed by atoms with Crippen LogP contribution in [0.1, 0.15) is 63.5 Å². The van der Waals surface area contributed by atoms with Gasteiger partial charge in [0.2, 0.25) is 0 Å². The molecule has 0 aromatic carbocycles. The van der Waals surface area contributed by atoms with E-state index in [0.717, 1.165) is 25.9 Å². The Balaban J connectivity index is 2.11. The molecule has 3 nitrogen and oxygen atoms in total. The molecule has 0 spiro atoms. The van der Waals surface area contributed by atoms with E-state index in [1.807, 2.05) is 0 Å². The van der Waals surface area contributed by atoms with E-state index in [1.54, 1.807) is 0 Å². The number of hydrogen-bond donors (Lipinski definition) is 1. The lowest BCUT2D eigenvalue weighted by Crippen LogP contribution is -2.31. The van der Waals surface area contributed by atoms with E-state index in [1.165, 1.54) is 23.4 Å². The van der Waals surface area contributed by atoms with Crippen LogP contribution >= 0.6 is 0 Å². The van der Waals surface area contributed by atoms with Crippen molar-refractivity contribution in [3.8, 4) is 0 Å². The first-order valence-electron chi connectivity index (χ1n) is 8.36. The molecule has 120 valence electrons. The molecule has 0 fully saturated rings. The van der Waals surface area contributed by atoms with E-state index in [4.69, 9.17) is 5.73 Å². The fourth-order valence-electron chi connectivity index (χ4n) is 3.55. The maximum absolute atomic E-state index is 6.40. The number of rotatable bonds is 5. The summed E-state index contributed by atoms with van der Waals surface area (Å²) in [6, 6.07) is 3.15. The van der Waals surface area contributed by atoms with Crippen molar-refractivity contribution in [1.29, 1.82) is 0 Å². The Hall–Kier alpha value is -0.800. The van der Waals surface area contributed by atoms with Crippen LogP contribution in [0.25, 0.3) is 0 Å². The van der Waals surface area contributed by atoms with Gasteiger partial charge in [0.15, 0.2) is 0 Å². The third-order valence-electron chi connectivity index (χ3n) is 5.04. The zero-order chi connectivity index (χ0) is 15.8. The van der Waals surface area contributed by atoms with E-state index in [2.05, 4.69) is 57.2 Å². The average molecular weight is 291 g/mol. The van der Waals surface area contributed by atoms with Crippen LogP contribution in [0.4, 0.5) is 0 Å². The Bertz CT molecular complexity index is 485. The average Bonchev–Trinajstić information content (AvgIpc) is 2.65. The Morgan fingerprint density at radius 3 is 2.71 bits per heavy atom. The van der Waals surface area contributed by atoms with Crippen LogP contribution in [-0.2, 0) is 13.0 Å². The number of fused-ring (bicyclic) bond motifs is 1. The first-order valence-corrected chi connectivity index (χ1v) is 8.36. The topological polar surface area (TPSA) is 34.2 Å². The highest BCUT2D eigenvalue weighted by Gasteiger charge is 2.33. The van der Waals surface area contributed by atoms with Crippen LogP contribution in [0, 0.1) is 12.3 Å². The molecule has 1 unspecified atom stereocenters. The molecule has 0 aliphatic heterocycles. The summed E-state index contributed by atoms with van der Waals surface area (Å²) < 4.78 is 2.52. The van der Waals surface area contributed by atoms with E-state index < -0.39 is 0 Å².